The topological polar surface area (TPSA) is 175 Å². The van der Waals surface area contributed by atoms with Crippen molar-refractivity contribution in [1.29, 1.82) is 0 Å². The van der Waals surface area contributed by atoms with Gasteiger partial charge in [0.15, 0.2) is 18.9 Å². The first-order valence-corrected chi connectivity index (χ1v) is 20.6. The monoisotopic (exact) mass is 764 g/mol. The molecule has 20 atom stereocenters. The Balaban J connectivity index is 0.826. The van der Waals surface area contributed by atoms with Crippen molar-refractivity contribution in [1.82, 2.24) is 0 Å². The molecule has 7 fully saturated rings. The molecular formula is C41H64O13. The Kier molecular flexibility index (Phi) is 10.9. The molecule has 4 saturated carbocycles. The zero-order valence-corrected chi connectivity index (χ0v) is 32.6. The van der Waals surface area contributed by atoms with Gasteiger partial charge in [0, 0.05) is 18.3 Å². The SMILES string of the molecule is C=C1C=C([C@H]2CC[C@]3(O)[C@H]4CC[C@@H]5C[C@@H](O[C@H]6C[C@H](O)[C@H](O[C@@H]7O[C@H](C)[C@H](O[C@H]8C[C@H](O)[C@H](O)[C@@H](C)O8)[C@@H](O)O7)[C@@H](C)O6)CC[C@]5(C)[C@H]4CC[C@]23C)CO1. The molecule has 0 bridgehead atoms. The molecule has 8 aliphatic rings. The predicted molar refractivity (Wildman–Crippen MR) is 192 cm³/mol. The van der Waals surface area contributed by atoms with Crippen LogP contribution >= 0.6 is 0 Å². The summed E-state index contributed by atoms with van der Waals surface area (Å²) in [5.41, 5.74) is 0.661. The van der Waals surface area contributed by atoms with Crippen molar-refractivity contribution in [3.63, 3.8) is 0 Å². The van der Waals surface area contributed by atoms with Gasteiger partial charge in [0.2, 0.25) is 0 Å². The highest BCUT2D eigenvalue weighted by Gasteiger charge is 2.67. The highest BCUT2D eigenvalue weighted by Crippen LogP contribution is 2.70. The summed E-state index contributed by atoms with van der Waals surface area (Å²) in [5, 5.41) is 54.7. The van der Waals surface area contributed by atoms with Gasteiger partial charge in [-0.1, -0.05) is 20.4 Å². The molecule has 0 spiro atoms. The second-order valence-corrected chi connectivity index (χ2v) is 18.5. The van der Waals surface area contributed by atoms with Crippen molar-refractivity contribution in [2.75, 3.05) is 6.61 Å². The minimum Gasteiger partial charge on any atom is -0.490 e. The van der Waals surface area contributed by atoms with Gasteiger partial charge < -0.3 is 58.7 Å². The number of hydrogen-bond donors (Lipinski definition) is 5. The predicted octanol–water partition coefficient (Wildman–Crippen LogP) is 3.78. The van der Waals surface area contributed by atoms with Crippen molar-refractivity contribution >= 4 is 0 Å². The van der Waals surface area contributed by atoms with E-state index in [0.717, 1.165) is 63.5 Å². The van der Waals surface area contributed by atoms with Crippen LogP contribution in [0.2, 0.25) is 0 Å². The van der Waals surface area contributed by atoms with Crippen LogP contribution in [-0.2, 0) is 37.9 Å². The third-order valence-corrected chi connectivity index (χ3v) is 15.6. The molecule has 13 nitrogen and oxygen atoms in total. The van der Waals surface area contributed by atoms with Crippen LogP contribution in [0.25, 0.3) is 0 Å². The summed E-state index contributed by atoms with van der Waals surface area (Å²) in [4.78, 5) is 0. The third kappa shape index (κ3) is 6.83. The Bertz CT molecular complexity index is 1370. The number of aliphatic hydroxyl groups is 5. The van der Waals surface area contributed by atoms with E-state index in [1.54, 1.807) is 13.8 Å². The van der Waals surface area contributed by atoms with E-state index in [4.69, 9.17) is 37.9 Å². The van der Waals surface area contributed by atoms with Gasteiger partial charge in [-0.25, -0.2) is 0 Å². The summed E-state index contributed by atoms with van der Waals surface area (Å²) in [6.07, 6.45) is 2.06. The van der Waals surface area contributed by atoms with Crippen LogP contribution in [0.5, 0.6) is 0 Å². The average Bonchev–Trinajstić information content (AvgIpc) is 3.66. The summed E-state index contributed by atoms with van der Waals surface area (Å²) in [6.45, 7) is 13.3. The number of rotatable bonds is 7. The van der Waals surface area contributed by atoms with Crippen molar-refractivity contribution in [2.45, 2.75) is 191 Å². The summed E-state index contributed by atoms with van der Waals surface area (Å²) in [7, 11) is 0. The lowest BCUT2D eigenvalue weighted by Crippen LogP contribution is -2.62. The first-order chi connectivity index (χ1) is 25.6. The van der Waals surface area contributed by atoms with Gasteiger partial charge in [-0.3, -0.25) is 4.74 Å². The van der Waals surface area contributed by atoms with Crippen molar-refractivity contribution in [3.8, 4) is 0 Å². The number of allylic oxidation sites excluding steroid dienone is 1. The fourth-order valence-electron chi connectivity index (χ4n) is 12.5. The van der Waals surface area contributed by atoms with E-state index in [0.29, 0.717) is 30.3 Å². The molecule has 0 aromatic rings. The molecule has 0 unspecified atom stereocenters. The lowest BCUT2D eigenvalue weighted by Gasteiger charge is -2.64. The molecule has 0 amide bonds. The second kappa shape index (κ2) is 14.9. The van der Waals surface area contributed by atoms with Gasteiger partial charge in [0.25, 0.3) is 6.48 Å². The van der Waals surface area contributed by atoms with Crippen molar-refractivity contribution in [2.24, 2.45) is 34.5 Å². The van der Waals surface area contributed by atoms with Gasteiger partial charge in [-0.2, -0.15) is 0 Å². The number of fused-ring (bicyclic) bond motifs is 5. The van der Waals surface area contributed by atoms with E-state index in [-0.39, 0.29) is 29.8 Å². The van der Waals surface area contributed by atoms with Gasteiger partial charge in [-0.15, -0.1) is 0 Å². The molecule has 0 aromatic heterocycles. The largest absolute Gasteiger partial charge is 0.490 e. The Morgan fingerprint density at radius 1 is 0.722 bits per heavy atom. The van der Waals surface area contributed by atoms with E-state index >= 15 is 0 Å². The maximum atomic E-state index is 12.6. The highest BCUT2D eigenvalue weighted by atomic mass is 16.9. The summed E-state index contributed by atoms with van der Waals surface area (Å²) >= 11 is 0. The molecule has 4 aliphatic heterocycles. The number of hydrogen-bond acceptors (Lipinski definition) is 13. The highest BCUT2D eigenvalue weighted by molar-refractivity contribution is 5.30. The molecule has 54 heavy (non-hydrogen) atoms. The molecular weight excluding hydrogens is 700 g/mol. The summed E-state index contributed by atoms with van der Waals surface area (Å²) < 4.78 is 47.6. The maximum Gasteiger partial charge on any atom is 0.274 e. The minimum atomic E-state index is -1.43. The van der Waals surface area contributed by atoms with E-state index in [1.165, 1.54) is 5.57 Å². The van der Waals surface area contributed by atoms with E-state index in [9.17, 15) is 25.5 Å². The summed E-state index contributed by atoms with van der Waals surface area (Å²) in [5.74, 6) is 2.39. The van der Waals surface area contributed by atoms with Crippen molar-refractivity contribution in [3.05, 3.63) is 24.0 Å². The summed E-state index contributed by atoms with van der Waals surface area (Å²) in [6, 6.07) is 0. The quantitative estimate of drug-likeness (QED) is 0.237. The Hall–Kier alpha value is -1.20. The molecule has 8 rings (SSSR count). The lowest BCUT2D eigenvalue weighted by molar-refractivity contribution is -0.437. The van der Waals surface area contributed by atoms with Crippen LogP contribution in [0, 0.1) is 34.5 Å². The Morgan fingerprint density at radius 3 is 2.15 bits per heavy atom. The fraction of sp³-hybridized carbons (Fsp3) is 0.902. The lowest BCUT2D eigenvalue weighted by atomic mass is 9.43. The van der Waals surface area contributed by atoms with Gasteiger partial charge in [0.05, 0.1) is 42.2 Å². The van der Waals surface area contributed by atoms with Gasteiger partial charge in [0.1, 0.15) is 30.7 Å². The van der Waals surface area contributed by atoms with E-state index in [1.807, 2.05) is 6.92 Å². The smallest absolute Gasteiger partial charge is 0.274 e. The molecule has 4 heterocycles. The van der Waals surface area contributed by atoms with E-state index < -0.39 is 79.8 Å². The molecule has 13 heteroatoms. The maximum absolute atomic E-state index is 12.6. The second-order valence-electron chi connectivity index (χ2n) is 18.5. The van der Waals surface area contributed by atoms with Crippen LogP contribution in [0.4, 0.5) is 0 Å². The Labute approximate surface area is 319 Å². The number of aliphatic hydroxyl groups excluding tert-OH is 4. The molecule has 5 N–H and O–H groups in total. The molecule has 0 aromatic carbocycles. The molecule has 3 saturated heterocycles. The molecule has 4 aliphatic carbocycles. The Morgan fingerprint density at radius 2 is 1.44 bits per heavy atom. The first-order valence-electron chi connectivity index (χ1n) is 20.6. The zero-order chi connectivity index (χ0) is 38.3. The van der Waals surface area contributed by atoms with Crippen molar-refractivity contribution < 1.29 is 63.4 Å². The first kappa shape index (κ1) is 39.6. The van der Waals surface area contributed by atoms with Crippen LogP contribution in [-0.4, -0.2) is 118 Å². The number of ether oxygens (including phenoxy) is 8. The third-order valence-electron chi connectivity index (χ3n) is 15.6. The van der Waals surface area contributed by atoms with Crippen LogP contribution in [0.3, 0.4) is 0 Å². The van der Waals surface area contributed by atoms with E-state index in [2.05, 4.69) is 26.5 Å². The zero-order valence-electron chi connectivity index (χ0n) is 32.6. The fourth-order valence-corrected chi connectivity index (χ4v) is 12.5. The standard InChI is InChI=1S/C41H64O13/c1-20-15-24(19-47-20)27-11-14-41(46)29-8-7-25-16-26(9-12-39(25,5)28(29)10-13-40(27,41)6)51-32-18-31(43)35(22(3)49-32)53-38-50-23(4)36(37(45)54-38)52-33-17-30(42)34(44)21(2)48-33/h15,21-23,25-38,42-46H,1,7-14,16-19H2,2-6H3/t21-,22-,23-,25-,26+,27-,28+,29+,30+,31+,32+,33+,34-,35-,36+,37+,38+,39+,40-,41+/m1/s1. The average molecular weight is 765 g/mol. The van der Waals surface area contributed by atoms with Gasteiger partial charge >= 0.3 is 0 Å². The molecule has 0 radical (unpaired) electrons. The van der Waals surface area contributed by atoms with Gasteiger partial charge in [-0.05, 0) is 119 Å². The van der Waals surface area contributed by atoms with Crippen LogP contribution in [0.15, 0.2) is 24.0 Å². The normalized spacial score (nSPS) is 55.0. The minimum absolute atomic E-state index is 0.0233. The van der Waals surface area contributed by atoms with Crippen LogP contribution in [0.1, 0.15) is 105 Å². The molecule has 306 valence electrons. The van der Waals surface area contributed by atoms with Crippen LogP contribution < -0.4 is 0 Å².